The van der Waals surface area contributed by atoms with Crippen molar-refractivity contribution >= 4 is 0 Å². The predicted octanol–water partition coefficient (Wildman–Crippen LogP) is 2.61. The van der Waals surface area contributed by atoms with Crippen LogP contribution in [0.1, 0.15) is 25.5 Å². The van der Waals surface area contributed by atoms with Gasteiger partial charge in [0.2, 0.25) is 0 Å². The van der Waals surface area contributed by atoms with Gasteiger partial charge in [0.05, 0.1) is 19.3 Å². The van der Waals surface area contributed by atoms with Gasteiger partial charge < -0.3 is 20.3 Å². The van der Waals surface area contributed by atoms with Gasteiger partial charge >= 0.3 is 6.36 Å². The van der Waals surface area contributed by atoms with E-state index >= 15 is 0 Å². The second-order valence-electron chi connectivity index (χ2n) is 4.71. The Morgan fingerprint density at radius 3 is 2.30 bits per heavy atom. The maximum Gasteiger partial charge on any atom is 0.573 e. The largest absolute Gasteiger partial charge is 0.573 e. The van der Waals surface area contributed by atoms with Crippen LogP contribution in [0.2, 0.25) is 0 Å². The third-order valence-corrected chi connectivity index (χ3v) is 2.84. The molecule has 20 heavy (non-hydrogen) atoms. The van der Waals surface area contributed by atoms with Crippen LogP contribution in [0.5, 0.6) is 11.5 Å². The van der Waals surface area contributed by atoms with Crippen molar-refractivity contribution in [1.82, 2.24) is 0 Å². The normalized spacial score (nSPS) is 15.1. The van der Waals surface area contributed by atoms with Crippen molar-refractivity contribution in [3.63, 3.8) is 0 Å². The predicted molar refractivity (Wildman–Crippen MR) is 67.5 cm³/mol. The molecule has 0 fully saturated rings. The van der Waals surface area contributed by atoms with Crippen LogP contribution >= 0.6 is 0 Å². The first-order chi connectivity index (χ1) is 9.15. The summed E-state index contributed by atoms with van der Waals surface area (Å²) in [6.07, 6.45) is -5.70. The van der Waals surface area contributed by atoms with Crippen LogP contribution in [-0.4, -0.2) is 24.7 Å². The number of methoxy groups -OCH3 is 1. The molecule has 0 bridgehead atoms. The lowest BCUT2D eigenvalue weighted by molar-refractivity contribution is -0.274. The van der Waals surface area contributed by atoms with Gasteiger partial charge in [-0.3, -0.25) is 0 Å². The minimum absolute atomic E-state index is 0.151. The van der Waals surface area contributed by atoms with E-state index in [-0.39, 0.29) is 11.5 Å². The van der Waals surface area contributed by atoms with Crippen LogP contribution in [0, 0.1) is 5.92 Å². The van der Waals surface area contributed by atoms with Crippen molar-refractivity contribution < 1.29 is 27.8 Å². The van der Waals surface area contributed by atoms with E-state index in [1.54, 1.807) is 13.8 Å². The lowest BCUT2D eigenvalue weighted by Crippen LogP contribution is -2.31. The van der Waals surface area contributed by atoms with Gasteiger partial charge in [-0.15, -0.1) is 13.2 Å². The lowest BCUT2D eigenvalue weighted by Gasteiger charge is -2.24. The summed E-state index contributed by atoms with van der Waals surface area (Å²) in [7, 11) is 1.37. The fourth-order valence-electron chi connectivity index (χ4n) is 1.77. The molecule has 0 aliphatic carbocycles. The summed E-state index contributed by atoms with van der Waals surface area (Å²) in [4.78, 5) is 0. The van der Waals surface area contributed by atoms with E-state index in [0.717, 1.165) is 12.1 Å². The van der Waals surface area contributed by atoms with Gasteiger partial charge in [-0.1, -0.05) is 13.8 Å². The fraction of sp³-hybridized carbons (Fsp3) is 0.538. The second kappa shape index (κ2) is 6.32. The molecule has 0 aliphatic rings. The number of halogens is 3. The molecular weight excluding hydrogens is 275 g/mol. The van der Waals surface area contributed by atoms with E-state index in [1.807, 2.05) is 0 Å². The number of aliphatic hydroxyl groups is 1. The Balaban J connectivity index is 3.12. The van der Waals surface area contributed by atoms with E-state index in [0.29, 0.717) is 5.75 Å². The van der Waals surface area contributed by atoms with Crippen LogP contribution in [0.15, 0.2) is 18.2 Å². The number of aliphatic hydroxyl groups excluding tert-OH is 1. The summed E-state index contributed by atoms with van der Waals surface area (Å²) in [6.45, 7) is 3.51. The Bertz CT molecular complexity index is 449. The summed E-state index contributed by atoms with van der Waals surface area (Å²) in [6, 6.07) is 2.71. The van der Waals surface area contributed by atoms with Crippen molar-refractivity contribution in [2.24, 2.45) is 11.7 Å². The molecule has 0 heterocycles. The molecule has 114 valence electrons. The van der Waals surface area contributed by atoms with E-state index < -0.39 is 24.3 Å². The van der Waals surface area contributed by atoms with Crippen LogP contribution in [0.4, 0.5) is 13.2 Å². The SMILES string of the molecule is COc1ccc(OC(F)(F)F)cc1[C@H](N)[C@H](O)C(C)C. The molecule has 0 aliphatic heterocycles. The smallest absolute Gasteiger partial charge is 0.496 e. The molecular formula is C13H18F3NO3. The number of nitrogens with two attached hydrogens (primary N) is 1. The number of benzene rings is 1. The number of hydrogen-bond acceptors (Lipinski definition) is 4. The second-order valence-corrected chi connectivity index (χ2v) is 4.71. The molecule has 1 aromatic rings. The number of ether oxygens (including phenoxy) is 2. The van der Waals surface area contributed by atoms with Gasteiger partial charge in [-0.05, 0) is 24.1 Å². The van der Waals surface area contributed by atoms with Gasteiger partial charge in [0.25, 0.3) is 0 Å². The number of rotatable bonds is 5. The zero-order valence-corrected chi connectivity index (χ0v) is 11.4. The Kier molecular flexibility index (Phi) is 5.24. The Hall–Kier alpha value is -1.47. The van der Waals surface area contributed by atoms with Gasteiger partial charge in [0.1, 0.15) is 11.5 Å². The number of hydrogen-bond donors (Lipinski definition) is 2. The maximum absolute atomic E-state index is 12.2. The maximum atomic E-state index is 12.2. The molecule has 1 aromatic carbocycles. The minimum atomic E-state index is -4.79. The highest BCUT2D eigenvalue weighted by Crippen LogP contribution is 2.33. The van der Waals surface area contributed by atoms with E-state index in [1.165, 1.54) is 13.2 Å². The quantitative estimate of drug-likeness (QED) is 0.876. The topological polar surface area (TPSA) is 64.7 Å². The van der Waals surface area contributed by atoms with E-state index in [4.69, 9.17) is 10.5 Å². The van der Waals surface area contributed by atoms with Crippen LogP contribution in [-0.2, 0) is 0 Å². The van der Waals surface area contributed by atoms with Gasteiger partial charge in [0, 0.05) is 5.56 Å². The highest BCUT2D eigenvalue weighted by atomic mass is 19.4. The standard InChI is InChI=1S/C13H18F3NO3/c1-7(2)12(18)11(17)9-6-8(20-13(14,15)16)4-5-10(9)19-3/h4-7,11-12,18H,17H2,1-3H3/t11-,12+/m0/s1. The highest BCUT2D eigenvalue weighted by molar-refractivity contribution is 5.42. The van der Waals surface area contributed by atoms with Crippen molar-refractivity contribution in [1.29, 1.82) is 0 Å². The summed E-state index contributed by atoms with van der Waals surface area (Å²) < 4.78 is 45.5. The monoisotopic (exact) mass is 293 g/mol. The lowest BCUT2D eigenvalue weighted by atomic mass is 9.93. The molecule has 2 atom stereocenters. The summed E-state index contributed by atoms with van der Waals surface area (Å²) in [5.41, 5.74) is 6.14. The zero-order chi connectivity index (χ0) is 15.5. The molecule has 0 aromatic heterocycles. The Morgan fingerprint density at radius 1 is 1.25 bits per heavy atom. The first-order valence-corrected chi connectivity index (χ1v) is 6.03. The number of alkyl halides is 3. The molecule has 4 nitrogen and oxygen atoms in total. The van der Waals surface area contributed by atoms with Crippen LogP contribution in [0.25, 0.3) is 0 Å². The molecule has 0 radical (unpaired) electrons. The molecule has 7 heteroatoms. The van der Waals surface area contributed by atoms with Crippen molar-refractivity contribution in [3.8, 4) is 11.5 Å². The van der Waals surface area contributed by atoms with Crippen LogP contribution in [0.3, 0.4) is 0 Å². The first kappa shape index (κ1) is 16.6. The minimum Gasteiger partial charge on any atom is -0.496 e. The Labute approximate surface area is 115 Å². The van der Waals surface area contributed by atoms with Crippen molar-refractivity contribution in [2.75, 3.05) is 7.11 Å². The van der Waals surface area contributed by atoms with Gasteiger partial charge in [-0.2, -0.15) is 0 Å². The average Bonchev–Trinajstić information content (AvgIpc) is 2.34. The van der Waals surface area contributed by atoms with Gasteiger partial charge in [0.15, 0.2) is 0 Å². The third kappa shape index (κ3) is 4.28. The first-order valence-electron chi connectivity index (χ1n) is 6.03. The van der Waals surface area contributed by atoms with Crippen LogP contribution < -0.4 is 15.2 Å². The molecule has 0 saturated heterocycles. The van der Waals surface area contributed by atoms with E-state index in [2.05, 4.69) is 4.74 Å². The summed E-state index contributed by atoms with van der Waals surface area (Å²) in [5, 5.41) is 9.95. The molecule has 0 amide bonds. The third-order valence-electron chi connectivity index (χ3n) is 2.84. The molecule has 0 spiro atoms. The Morgan fingerprint density at radius 2 is 1.85 bits per heavy atom. The van der Waals surface area contributed by atoms with Crippen molar-refractivity contribution in [3.05, 3.63) is 23.8 Å². The summed E-state index contributed by atoms with van der Waals surface area (Å²) >= 11 is 0. The van der Waals surface area contributed by atoms with Gasteiger partial charge in [-0.25, -0.2) is 0 Å². The average molecular weight is 293 g/mol. The molecule has 1 rings (SSSR count). The fourth-order valence-corrected chi connectivity index (χ4v) is 1.77. The molecule has 0 saturated carbocycles. The van der Waals surface area contributed by atoms with Crippen molar-refractivity contribution in [2.45, 2.75) is 32.4 Å². The molecule has 3 N–H and O–H groups in total. The highest BCUT2D eigenvalue weighted by Gasteiger charge is 2.32. The van der Waals surface area contributed by atoms with E-state index in [9.17, 15) is 18.3 Å². The summed E-state index contributed by atoms with van der Waals surface area (Å²) in [5.74, 6) is -0.256. The molecule has 0 unspecified atom stereocenters. The zero-order valence-electron chi connectivity index (χ0n) is 11.4.